The van der Waals surface area contributed by atoms with Crippen LogP contribution in [0.1, 0.15) is 13.3 Å². The van der Waals surface area contributed by atoms with Gasteiger partial charge in [-0.15, -0.1) is 12.4 Å². The molecule has 2 amide bonds. The molecule has 0 spiro atoms. The molecule has 1 saturated heterocycles. The molecule has 1 aromatic rings. The molecule has 22 heavy (non-hydrogen) atoms. The molecule has 1 aliphatic rings. The first-order valence-corrected chi connectivity index (χ1v) is 7.42. The summed E-state index contributed by atoms with van der Waals surface area (Å²) in [5, 5.41) is 6.43. The van der Waals surface area contributed by atoms with Crippen LogP contribution in [0.3, 0.4) is 0 Å². The predicted molar refractivity (Wildman–Crippen MR) is 90.7 cm³/mol. The van der Waals surface area contributed by atoms with Gasteiger partial charge in [-0.3, -0.25) is 9.59 Å². The quantitative estimate of drug-likeness (QED) is 0.800. The number of nitrogens with one attached hydrogen (secondary N) is 2. The number of carbonyl (C=O) groups is 2. The van der Waals surface area contributed by atoms with Crippen LogP contribution in [0.15, 0.2) is 24.3 Å². The molecule has 2 atom stereocenters. The Hall–Kier alpha value is -1.30. The van der Waals surface area contributed by atoms with Gasteiger partial charge in [0.15, 0.2) is 0 Å². The standard InChI is InChI=1S/C15H20ClN3O2.ClH/c1-10(17-2)9-18-14(20)13-6-7-19(15(13)21)12-5-3-4-11(16)8-12;/h3-5,8,10,13,17H,6-7,9H2,1-2H3,(H,18,20);1H. The smallest absolute Gasteiger partial charge is 0.239 e. The first-order chi connectivity index (χ1) is 10.0. The van der Waals surface area contributed by atoms with Gasteiger partial charge in [-0.1, -0.05) is 17.7 Å². The summed E-state index contributed by atoms with van der Waals surface area (Å²) < 4.78 is 0. The molecular weight excluding hydrogens is 325 g/mol. The van der Waals surface area contributed by atoms with Crippen LogP contribution in [-0.4, -0.2) is 38.0 Å². The average molecular weight is 346 g/mol. The van der Waals surface area contributed by atoms with Crippen LogP contribution in [0.2, 0.25) is 5.02 Å². The van der Waals surface area contributed by atoms with E-state index >= 15 is 0 Å². The molecule has 2 rings (SSSR count). The van der Waals surface area contributed by atoms with E-state index in [0.29, 0.717) is 24.5 Å². The third-order valence-electron chi connectivity index (χ3n) is 3.72. The summed E-state index contributed by atoms with van der Waals surface area (Å²) in [4.78, 5) is 26.1. The monoisotopic (exact) mass is 345 g/mol. The number of hydrogen-bond donors (Lipinski definition) is 2. The van der Waals surface area contributed by atoms with E-state index in [-0.39, 0.29) is 30.3 Å². The molecule has 7 heteroatoms. The van der Waals surface area contributed by atoms with E-state index in [9.17, 15) is 9.59 Å². The molecule has 0 saturated carbocycles. The maximum atomic E-state index is 12.4. The summed E-state index contributed by atoms with van der Waals surface area (Å²) >= 11 is 5.95. The SMILES string of the molecule is CNC(C)CNC(=O)C1CCN(c2cccc(Cl)c2)C1=O.Cl. The Morgan fingerprint density at radius 2 is 2.23 bits per heavy atom. The van der Waals surface area contributed by atoms with Crippen LogP contribution in [0, 0.1) is 5.92 Å². The highest BCUT2D eigenvalue weighted by Gasteiger charge is 2.37. The number of likely N-dealkylation sites (N-methyl/N-ethyl adjacent to an activating group) is 1. The fourth-order valence-corrected chi connectivity index (χ4v) is 2.49. The second-order valence-electron chi connectivity index (χ2n) is 5.25. The van der Waals surface area contributed by atoms with Crippen molar-refractivity contribution in [3.05, 3.63) is 29.3 Å². The molecule has 0 aliphatic carbocycles. The van der Waals surface area contributed by atoms with Crippen molar-refractivity contribution >= 4 is 41.5 Å². The predicted octanol–water partition coefficient (Wildman–Crippen LogP) is 1.84. The lowest BCUT2D eigenvalue weighted by molar-refractivity contribution is -0.132. The van der Waals surface area contributed by atoms with Crippen LogP contribution in [0.4, 0.5) is 5.69 Å². The highest BCUT2D eigenvalue weighted by Crippen LogP contribution is 2.27. The average Bonchev–Trinajstić information content (AvgIpc) is 2.86. The molecule has 2 N–H and O–H groups in total. The van der Waals surface area contributed by atoms with E-state index in [2.05, 4.69) is 10.6 Å². The third-order valence-corrected chi connectivity index (χ3v) is 3.95. The van der Waals surface area contributed by atoms with Gasteiger partial charge in [0.2, 0.25) is 11.8 Å². The number of hydrogen-bond acceptors (Lipinski definition) is 3. The molecule has 1 aliphatic heterocycles. The van der Waals surface area contributed by atoms with Crippen molar-refractivity contribution in [2.24, 2.45) is 5.92 Å². The largest absolute Gasteiger partial charge is 0.354 e. The Labute approximate surface area is 141 Å². The third kappa shape index (κ3) is 4.35. The van der Waals surface area contributed by atoms with Crippen molar-refractivity contribution in [2.45, 2.75) is 19.4 Å². The van der Waals surface area contributed by atoms with E-state index in [1.807, 2.05) is 20.0 Å². The maximum absolute atomic E-state index is 12.4. The number of anilines is 1. The van der Waals surface area contributed by atoms with E-state index in [4.69, 9.17) is 11.6 Å². The number of nitrogens with zero attached hydrogens (tertiary/aromatic N) is 1. The van der Waals surface area contributed by atoms with E-state index in [0.717, 1.165) is 5.69 Å². The van der Waals surface area contributed by atoms with Crippen LogP contribution >= 0.6 is 24.0 Å². The van der Waals surface area contributed by atoms with Gasteiger partial charge in [-0.25, -0.2) is 0 Å². The molecular formula is C15H21Cl2N3O2. The fourth-order valence-electron chi connectivity index (χ4n) is 2.30. The first-order valence-electron chi connectivity index (χ1n) is 7.05. The van der Waals surface area contributed by atoms with Crippen LogP contribution in [-0.2, 0) is 9.59 Å². The Kier molecular flexibility index (Phi) is 7.13. The van der Waals surface area contributed by atoms with Gasteiger partial charge >= 0.3 is 0 Å². The number of benzene rings is 1. The lowest BCUT2D eigenvalue weighted by Gasteiger charge is -2.17. The van der Waals surface area contributed by atoms with Crippen LogP contribution < -0.4 is 15.5 Å². The highest BCUT2D eigenvalue weighted by molar-refractivity contribution is 6.31. The second-order valence-corrected chi connectivity index (χ2v) is 5.68. The zero-order valence-corrected chi connectivity index (χ0v) is 14.2. The minimum atomic E-state index is -0.604. The number of rotatable bonds is 5. The van der Waals surface area contributed by atoms with Crippen molar-refractivity contribution in [1.29, 1.82) is 0 Å². The fraction of sp³-hybridized carbons (Fsp3) is 0.467. The van der Waals surface area contributed by atoms with Gasteiger partial charge in [0.25, 0.3) is 0 Å². The van der Waals surface area contributed by atoms with Crippen molar-refractivity contribution in [1.82, 2.24) is 10.6 Å². The molecule has 122 valence electrons. The van der Waals surface area contributed by atoms with Gasteiger partial charge in [0, 0.05) is 29.8 Å². The molecule has 2 unspecified atom stereocenters. The molecule has 5 nitrogen and oxygen atoms in total. The molecule has 1 aromatic carbocycles. The summed E-state index contributed by atoms with van der Waals surface area (Å²) in [6.07, 6.45) is 0.533. The highest BCUT2D eigenvalue weighted by atomic mass is 35.5. The van der Waals surface area contributed by atoms with Crippen molar-refractivity contribution in [3.8, 4) is 0 Å². The Bertz CT molecular complexity index is 539. The molecule has 0 aromatic heterocycles. The normalized spacial score (nSPS) is 18.8. The summed E-state index contributed by atoms with van der Waals surface area (Å²) in [6, 6.07) is 7.30. The van der Waals surface area contributed by atoms with Gasteiger partial charge in [0.1, 0.15) is 5.92 Å². The Morgan fingerprint density at radius 3 is 2.86 bits per heavy atom. The Morgan fingerprint density at radius 1 is 1.50 bits per heavy atom. The zero-order valence-electron chi connectivity index (χ0n) is 12.6. The van der Waals surface area contributed by atoms with Crippen LogP contribution in [0.5, 0.6) is 0 Å². The zero-order chi connectivity index (χ0) is 15.4. The topological polar surface area (TPSA) is 61.4 Å². The van der Waals surface area contributed by atoms with Gasteiger partial charge in [0.05, 0.1) is 0 Å². The van der Waals surface area contributed by atoms with Gasteiger partial charge in [-0.2, -0.15) is 0 Å². The van der Waals surface area contributed by atoms with E-state index < -0.39 is 5.92 Å². The van der Waals surface area contributed by atoms with Gasteiger partial charge in [-0.05, 0) is 38.6 Å². The number of halogens is 2. The summed E-state index contributed by atoms with van der Waals surface area (Å²) in [5.74, 6) is -0.966. The molecule has 1 heterocycles. The second kappa shape index (κ2) is 8.36. The van der Waals surface area contributed by atoms with Crippen molar-refractivity contribution in [3.63, 3.8) is 0 Å². The van der Waals surface area contributed by atoms with Crippen LogP contribution in [0.25, 0.3) is 0 Å². The first kappa shape index (κ1) is 18.7. The lowest BCUT2D eigenvalue weighted by atomic mass is 10.1. The number of amides is 2. The van der Waals surface area contributed by atoms with Crippen molar-refractivity contribution in [2.75, 3.05) is 25.0 Å². The molecule has 0 radical (unpaired) electrons. The molecule has 0 bridgehead atoms. The summed E-state index contributed by atoms with van der Waals surface area (Å²) in [6.45, 7) is 3.02. The lowest BCUT2D eigenvalue weighted by Crippen LogP contribution is -2.42. The number of carbonyl (C=O) groups excluding carboxylic acids is 2. The minimum Gasteiger partial charge on any atom is -0.354 e. The molecule has 1 fully saturated rings. The van der Waals surface area contributed by atoms with E-state index in [1.54, 1.807) is 23.1 Å². The maximum Gasteiger partial charge on any atom is 0.239 e. The minimum absolute atomic E-state index is 0. The Balaban J connectivity index is 0.00000242. The summed E-state index contributed by atoms with van der Waals surface area (Å²) in [5.41, 5.74) is 0.742. The summed E-state index contributed by atoms with van der Waals surface area (Å²) in [7, 11) is 1.83. The van der Waals surface area contributed by atoms with E-state index in [1.165, 1.54) is 0 Å². The van der Waals surface area contributed by atoms with Crippen molar-refractivity contribution < 1.29 is 9.59 Å². The van der Waals surface area contributed by atoms with Gasteiger partial charge < -0.3 is 15.5 Å².